The van der Waals surface area contributed by atoms with Crippen molar-refractivity contribution in [1.29, 1.82) is 0 Å². The Morgan fingerprint density at radius 1 is 1.15 bits per heavy atom. The van der Waals surface area contributed by atoms with E-state index in [2.05, 4.69) is 4.57 Å². The lowest BCUT2D eigenvalue weighted by Gasteiger charge is -2.48. The van der Waals surface area contributed by atoms with Crippen molar-refractivity contribution in [2.75, 3.05) is 11.5 Å². The zero-order chi connectivity index (χ0) is 24.4. The number of amides is 2. The van der Waals surface area contributed by atoms with Gasteiger partial charge in [-0.3, -0.25) is 19.3 Å². The Morgan fingerprint density at radius 3 is 2.50 bits per heavy atom. The standard InChI is InChI=1S/C26H29N3O5/c1-15(2)27-16(3)13-20(17(27)4)22(30)14-34-25(33)26-12-11-23(31)29(26)21-8-6-5-7-19(21)24(32)28(26)18-9-10-18/h5-8,13,15,18H,9-12,14H2,1-4H3. The van der Waals surface area contributed by atoms with Crippen molar-refractivity contribution in [2.24, 2.45) is 0 Å². The van der Waals surface area contributed by atoms with E-state index in [4.69, 9.17) is 4.74 Å². The Kier molecular flexibility index (Phi) is 5.15. The van der Waals surface area contributed by atoms with Crippen LogP contribution in [-0.4, -0.2) is 51.3 Å². The van der Waals surface area contributed by atoms with E-state index in [0.29, 0.717) is 16.8 Å². The Bertz CT molecular complexity index is 1230. The molecule has 2 aromatic rings. The topological polar surface area (TPSA) is 88.9 Å². The number of esters is 1. The minimum atomic E-state index is -1.54. The summed E-state index contributed by atoms with van der Waals surface area (Å²) in [5.74, 6) is -1.53. The van der Waals surface area contributed by atoms with Crippen LogP contribution in [0.15, 0.2) is 30.3 Å². The highest BCUT2D eigenvalue weighted by Gasteiger charge is 2.64. The lowest BCUT2D eigenvalue weighted by atomic mass is 9.96. The molecule has 34 heavy (non-hydrogen) atoms. The van der Waals surface area contributed by atoms with Crippen molar-refractivity contribution in [1.82, 2.24) is 9.47 Å². The molecule has 1 saturated heterocycles. The first-order chi connectivity index (χ1) is 16.2. The molecule has 1 unspecified atom stereocenters. The zero-order valence-corrected chi connectivity index (χ0v) is 20.0. The Hall–Kier alpha value is -3.42. The molecule has 5 rings (SSSR count). The summed E-state index contributed by atoms with van der Waals surface area (Å²) in [6, 6.07) is 8.75. The number of aryl methyl sites for hydroxylation is 1. The molecular formula is C26H29N3O5. The Morgan fingerprint density at radius 2 is 1.85 bits per heavy atom. The van der Waals surface area contributed by atoms with Crippen LogP contribution in [0.3, 0.4) is 0 Å². The van der Waals surface area contributed by atoms with Crippen molar-refractivity contribution in [3.05, 3.63) is 52.8 Å². The summed E-state index contributed by atoms with van der Waals surface area (Å²) in [7, 11) is 0. The summed E-state index contributed by atoms with van der Waals surface area (Å²) in [5, 5.41) is 0. The van der Waals surface area contributed by atoms with Crippen molar-refractivity contribution in [3.63, 3.8) is 0 Å². The number of anilines is 1. The SMILES string of the molecule is Cc1cc(C(=O)COC(=O)C23CCC(=O)N2c2ccccc2C(=O)N3C2CC2)c(C)n1C(C)C. The summed E-state index contributed by atoms with van der Waals surface area (Å²) in [6.07, 6.45) is 1.82. The number of ketones is 1. The van der Waals surface area contributed by atoms with Crippen LogP contribution >= 0.6 is 0 Å². The van der Waals surface area contributed by atoms with Crippen LogP contribution in [0.2, 0.25) is 0 Å². The molecule has 2 aliphatic heterocycles. The van der Waals surface area contributed by atoms with Gasteiger partial charge < -0.3 is 14.2 Å². The maximum absolute atomic E-state index is 13.7. The summed E-state index contributed by atoms with van der Waals surface area (Å²) >= 11 is 0. The van der Waals surface area contributed by atoms with E-state index in [-0.39, 0.29) is 42.5 Å². The number of aromatic nitrogens is 1. The second-order valence-corrected chi connectivity index (χ2v) is 9.72. The van der Waals surface area contributed by atoms with Crippen LogP contribution < -0.4 is 4.90 Å². The maximum Gasteiger partial charge on any atom is 0.354 e. The fourth-order valence-electron chi connectivity index (χ4n) is 5.69. The number of carbonyl (C=O) groups excluding carboxylic acids is 4. The predicted molar refractivity (Wildman–Crippen MR) is 125 cm³/mol. The monoisotopic (exact) mass is 463 g/mol. The van der Waals surface area contributed by atoms with Crippen molar-refractivity contribution < 1.29 is 23.9 Å². The van der Waals surface area contributed by atoms with Crippen LogP contribution in [0.1, 0.15) is 77.7 Å². The molecule has 1 aliphatic carbocycles. The van der Waals surface area contributed by atoms with Crippen LogP contribution in [-0.2, 0) is 14.3 Å². The number of hydrogen-bond acceptors (Lipinski definition) is 5. The molecule has 2 fully saturated rings. The van der Waals surface area contributed by atoms with Gasteiger partial charge in [0, 0.05) is 41.9 Å². The summed E-state index contributed by atoms with van der Waals surface area (Å²) in [4.78, 5) is 56.2. The fraction of sp³-hybridized carbons (Fsp3) is 0.462. The number of hydrogen-bond donors (Lipinski definition) is 0. The van der Waals surface area contributed by atoms with E-state index in [1.54, 1.807) is 24.3 Å². The van der Waals surface area contributed by atoms with E-state index >= 15 is 0 Å². The van der Waals surface area contributed by atoms with Crippen molar-refractivity contribution >= 4 is 29.3 Å². The number of ether oxygens (including phenoxy) is 1. The normalized spacial score (nSPS) is 21.7. The average Bonchev–Trinajstić information content (AvgIpc) is 3.50. The quantitative estimate of drug-likeness (QED) is 0.483. The molecule has 3 aliphatic rings. The van der Waals surface area contributed by atoms with Crippen LogP contribution in [0, 0.1) is 13.8 Å². The van der Waals surface area contributed by atoms with Gasteiger partial charge in [0.25, 0.3) is 5.91 Å². The molecular weight excluding hydrogens is 434 g/mol. The smallest absolute Gasteiger partial charge is 0.354 e. The molecule has 0 radical (unpaired) electrons. The maximum atomic E-state index is 13.7. The molecule has 1 saturated carbocycles. The van der Waals surface area contributed by atoms with Gasteiger partial charge in [-0.25, -0.2) is 4.79 Å². The van der Waals surface area contributed by atoms with Gasteiger partial charge >= 0.3 is 5.97 Å². The van der Waals surface area contributed by atoms with Gasteiger partial charge in [-0.1, -0.05) is 12.1 Å². The number of Topliss-reactive ketones (excluding diaryl/α,β-unsaturated/α-hetero) is 1. The summed E-state index contributed by atoms with van der Waals surface area (Å²) in [5.41, 5.74) is 1.59. The highest BCUT2D eigenvalue weighted by atomic mass is 16.5. The molecule has 0 spiro atoms. The van der Waals surface area contributed by atoms with Gasteiger partial charge in [0.2, 0.25) is 17.4 Å². The number of benzene rings is 1. The third-order valence-electron chi connectivity index (χ3n) is 7.17. The fourth-order valence-corrected chi connectivity index (χ4v) is 5.69. The number of para-hydroxylation sites is 1. The molecule has 8 nitrogen and oxygen atoms in total. The minimum Gasteiger partial charge on any atom is -0.454 e. The Balaban J connectivity index is 1.47. The molecule has 178 valence electrons. The molecule has 0 N–H and O–H groups in total. The predicted octanol–water partition coefficient (Wildman–Crippen LogP) is 3.55. The first kappa shape index (κ1) is 22.4. The second-order valence-electron chi connectivity index (χ2n) is 9.72. The number of rotatable bonds is 6. The number of carbonyl (C=O) groups is 4. The zero-order valence-electron chi connectivity index (χ0n) is 20.0. The average molecular weight is 464 g/mol. The third-order valence-corrected chi connectivity index (χ3v) is 7.17. The van der Waals surface area contributed by atoms with Gasteiger partial charge in [0.15, 0.2) is 6.61 Å². The largest absolute Gasteiger partial charge is 0.454 e. The second kappa shape index (κ2) is 7.82. The highest BCUT2D eigenvalue weighted by Crippen LogP contribution is 2.49. The van der Waals surface area contributed by atoms with E-state index < -0.39 is 18.2 Å². The minimum absolute atomic E-state index is 0.123. The molecule has 1 atom stereocenters. The first-order valence-electron chi connectivity index (χ1n) is 11.8. The summed E-state index contributed by atoms with van der Waals surface area (Å²) in [6.45, 7) is 7.46. The van der Waals surface area contributed by atoms with Crippen molar-refractivity contribution in [2.45, 2.75) is 71.1 Å². The highest BCUT2D eigenvalue weighted by molar-refractivity contribution is 6.16. The lowest BCUT2D eigenvalue weighted by Crippen LogP contribution is -2.69. The molecule has 0 bridgehead atoms. The first-order valence-corrected chi connectivity index (χ1v) is 11.8. The molecule has 3 heterocycles. The molecule has 1 aromatic heterocycles. The third kappa shape index (κ3) is 3.11. The van der Waals surface area contributed by atoms with Gasteiger partial charge in [-0.15, -0.1) is 0 Å². The molecule has 1 aromatic carbocycles. The lowest BCUT2D eigenvalue weighted by molar-refractivity contribution is -0.156. The van der Waals surface area contributed by atoms with Gasteiger partial charge in [0.05, 0.1) is 11.3 Å². The van der Waals surface area contributed by atoms with E-state index in [0.717, 1.165) is 24.2 Å². The summed E-state index contributed by atoms with van der Waals surface area (Å²) < 4.78 is 7.67. The van der Waals surface area contributed by atoms with Crippen molar-refractivity contribution in [3.8, 4) is 0 Å². The van der Waals surface area contributed by atoms with E-state index in [1.165, 1.54) is 9.80 Å². The van der Waals surface area contributed by atoms with Gasteiger partial charge in [-0.05, 0) is 58.7 Å². The number of nitrogens with zero attached hydrogens (tertiary/aromatic N) is 3. The molecule has 2 amide bonds. The molecule has 8 heteroatoms. The van der Waals surface area contributed by atoms with Crippen LogP contribution in [0.25, 0.3) is 0 Å². The van der Waals surface area contributed by atoms with Crippen LogP contribution in [0.5, 0.6) is 0 Å². The van der Waals surface area contributed by atoms with Gasteiger partial charge in [-0.2, -0.15) is 0 Å². The van der Waals surface area contributed by atoms with E-state index in [9.17, 15) is 19.2 Å². The Labute approximate surface area is 198 Å². The van der Waals surface area contributed by atoms with Gasteiger partial charge in [0.1, 0.15) is 0 Å². The number of fused-ring (bicyclic) bond motifs is 3. The van der Waals surface area contributed by atoms with E-state index in [1.807, 2.05) is 33.8 Å². The van der Waals surface area contributed by atoms with Crippen LogP contribution in [0.4, 0.5) is 5.69 Å².